The van der Waals surface area contributed by atoms with Gasteiger partial charge >= 0.3 is 5.69 Å². The SMILES string of the molecule is O=C(Cn1c(=O)[nH]c2ccsc2c1=O)NCCc1c[nH]c2ccccc12. The van der Waals surface area contributed by atoms with Gasteiger partial charge in [-0.3, -0.25) is 9.59 Å². The zero-order valence-corrected chi connectivity index (χ0v) is 14.6. The number of rotatable bonds is 5. The van der Waals surface area contributed by atoms with Gasteiger partial charge in [-0.1, -0.05) is 18.2 Å². The summed E-state index contributed by atoms with van der Waals surface area (Å²) in [7, 11) is 0. The second-order valence-corrected chi connectivity index (χ2v) is 6.86. The lowest BCUT2D eigenvalue weighted by Gasteiger charge is -2.06. The molecule has 0 atom stereocenters. The maximum Gasteiger partial charge on any atom is 0.329 e. The number of hydrogen-bond acceptors (Lipinski definition) is 4. The van der Waals surface area contributed by atoms with Crippen LogP contribution in [0.1, 0.15) is 5.56 Å². The lowest BCUT2D eigenvalue weighted by molar-refractivity contribution is -0.121. The van der Waals surface area contributed by atoms with Crippen LogP contribution in [0.3, 0.4) is 0 Å². The topological polar surface area (TPSA) is 99.8 Å². The zero-order chi connectivity index (χ0) is 18.1. The molecule has 0 bridgehead atoms. The number of nitrogens with zero attached hydrogens (tertiary/aromatic N) is 1. The molecule has 3 heterocycles. The fourth-order valence-electron chi connectivity index (χ4n) is 2.99. The van der Waals surface area contributed by atoms with Crippen molar-refractivity contribution in [3.05, 3.63) is 68.3 Å². The molecule has 3 N–H and O–H groups in total. The fraction of sp³-hybridized carbons (Fsp3) is 0.167. The molecule has 0 saturated heterocycles. The summed E-state index contributed by atoms with van der Waals surface area (Å²) in [5.74, 6) is -0.367. The molecule has 1 aromatic carbocycles. The highest BCUT2D eigenvalue weighted by Gasteiger charge is 2.12. The highest BCUT2D eigenvalue weighted by molar-refractivity contribution is 7.17. The van der Waals surface area contributed by atoms with Gasteiger partial charge in [0.1, 0.15) is 11.2 Å². The third kappa shape index (κ3) is 2.95. The van der Waals surface area contributed by atoms with Crippen molar-refractivity contribution in [1.82, 2.24) is 19.9 Å². The summed E-state index contributed by atoms with van der Waals surface area (Å²) >= 11 is 1.24. The Balaban J connectivity index is 1.43. The number of carbonyl (C=O) groups is 1. The zero-order valence-electron chi connectivity index (χ0n) is 13.7. The van der Waals surface area contributed by atoms with Crippen LogP contribution in [0.25, 0.3) is 21.1 Å². The van der Waals surface area contributed by atoms with Gasteiger partial charge in [-0.2, -0.15) is 0 Å². The monoisotopic (exact) mass is 368 g/mol. The van der Waals surface area contributed by atoms with Crippen LogP contribution in [0.2, 0.25) is 0 Å². The van der Waals surface area contributed by atoms with Crippen LogP contribution in [0, 0.1) is 0 Å². The first-order chi connectivity index (χ1) is 12.6. The van der Waals surface area contributed by atoms with Crippen LogP contribution in [-0.4, -0.2) is 27.0 Å². The molecular formula is C18H16N4O3S. The molecule has 3 aromatic heterocycles. The third-order valence-corrected chi connectivity index (χ3v) is 5.19. The number of aromatic amines is 2. The van der Waals surface area contributed by atoms with Gasteiger partial charge in [0.2, 0.25) is 5.91 Å². The average Bonchev–Trinajstić information content (AvgIpc) is 3.26. The van der Waals surface area contributed by atoms with Crippen LogP contribution >= 0.6 is 11.3 Å². The molecule has 0 unspecified atom stereocenters. The molecular weight excluding hydrogens is 352 g/mol. The molecule has 4 aromatic rings. The molecule has 8 heteroatoms. The molecule has 26 heavy (non-hydrogen) atoms. The Morgan fingerprint density at radius 2 is 2.00 bits per heavy atom. The minimum absolute atomic E-state index is 0.296. The van der Waals surface area contributed by atoms with Crippen molar-refractivity contribution in [2.45, 2.75) is 13.0 Å². The van der Waals surface area contributed by atoms with E-state index < -0.39 is 11.2 Å². The van der Waals surface area contributed by atoms with Crippen LogP contribution in [0.15, 0.2) is 51.5 Å². The molecule has 0 radical (unpaired) electrons. The molecule has 0 aliphatic heterocycles. The summed E-state index contributed by atoms with van der Waals surface area (Å²) in [4.78, 5) is 42.3. The number of amides is 1. The first-order valence-electron chi connectivity index (χ1n) is 8.15. The number of H-pyrrole nitrogens is 2. The number of aromatic nitrogens is 3. The molecule has 4 rings (SSSR count). The van der Waals surface area contributed by atoms with Crippen molar-refractivity contribution in [2.75, 3.05) is 6.54 Å². The second kappa shape index (κ2) is 6.64. The number of benzene rings is 1. The minimum atomic E-state index is -0.576. The summed E-state index contributed by atoms with van der Waals surface area (Å²) in [5.41, 5.74) is 1.64. The second-order valence-electron chi connectivity index (χ2n) is 5.94. The number of para-hydroxylation sites is 1. The number of carbonyl (C=O) groups excluding carboxylic acids is 1. The molecule has 1 amide bonds. The lowest BCUT2D eigenvalue weighted by atomic mass is 10.1. The van der Waals surface area contributed by atoms with E-state index in [1.54, 1.807) is 11.4 Å². The van der Waals surface area contributed by atoms with Crippen LogP contribution in [-0.2, 0) is 17.8 Å². The summed E-state index contributed by atoms with van der Waals surface area (Å²) < 4.78 is 1.37. The first-order valence-corrected chi connectivity index (χ1v) is 9.03. The Labute approximate surface area is 151 Å². The van der Waals surface area contributed by atoms with Crippen LogP contribution in [0.4, 0.5) is 0 Å². The van der Waals surface area contributed by atoms with Gasteiger partial charge < -0.3 is 15.3 Å². The van der Waals surface area contributed by atoms with Gasteiger partial charge in [-0.05, 0) is 29.5 Å². The van der Waals surface area contributed by atoms with Crippen molar-refractivity contribution in [2.24, 2.45) is 0 Å². The van der Waals surface area contributed by atoms with E-state index >= 15 is 0 Å². The van der Waals surface area contributed by atoms with Crippen molar-refractivity contribution >= 4 is 38.4 Å². The van der Waals surface area contributed by atoms with E-state index in [1.807, 2.05) is 30.5 Å². The Kier molecular flexibility index (Phi) is 4.18. The number of thiophene rings is 1. The van der Waals surface area contributed by atoms with Crippen molar-refractivity contribution in [3.8, 4) is 0 Å². The maximum atomic E-state index is 12.3. The van der Waals surface area contributed by atoms with Gasteiger partial charge in [-0.15, -0.1) is 11.3 Å². The largest absolute Gasteiger partial charge is 0.361 e. The third-order valence-electron chi connectivity index (χ3n) is 4.28. The molecule has 0 saturated carbocycles. The lowest BCUT2D eigenvalue weighted by Crippen LogP contribution is -2.40. The predicted molar refractivity (Wildman–Crippen MR) is 102 cm³/mol. The van der Waals surface area contributed by atoms with Crippen molar-refractivity contribution < 1.29 is 4.79 Å². The van der Waals surface area contributed by atoms with E-state index in [4.69, 9.17) is 0 Å². The molecule has 7 nitrogen and oxygen atoms in total. The van der Waals surface area contributed by atoms with Crippen molar-refractivity contribution in [3.63, 3.8) is 0 Å². The number of nitrogens with one attached hydrogen (secondary N) is 3. The molecule has 0 aliphatic rings. The van der Waals surface area contributed by atoms with Crippen molar-refractivity contribution in [1.29, 1.82) is 0 Å². The maximum absolute atomic E-state index is 12.3. The average molecular weight is 368 g/mol. The van der Waals surface area contributed by atoms with Crippen LogP contribution < -0.4 is 16.6 Å². The Morgan fingerprint density at radius 3 is 2.88 bits per heavy atom. The van der Waals surface area contributed by atoms with E-state index in [-0.39, 0.29) is 12.5 Å². The van der Waals surface area contributed by atoms with E-state index in [0.29, 0.717) is 23.2 Å². The first kappa shape index (κ1) is 16.3. The minimum Gasteiger partial charge on any atom is -0.361 e. The van der Waals surface area contributed by atoms with E-state index in [9.17, 15) is 14.4 Å². The smallest absolute Gasteiger partial charge is 0.329 e. The Bertz CT molecular complexity index is 1210. The van der Waals surface area contributed by atoms with E-state index in [2.05, 4.69) is 15.3 Å². The van der Waals surface area contributed by atoms with Crippen LogP contribution in [0.5, 0.6) is 0 Å². The highest BCUT2D eigenvalue weighted by Crippen LogP contribution is 2.17. The molecule has 0 spiro atoms. The predicted octanol–water partition coefficient (Wildman–Crippen LogP) is 1.59. The van der Waals surface area contributed by atoms with Gasteiger partial charge in [0, 0.05) is 23.6 Å². The molecule has 132 valence electrons. The van der Waals surface area contributed by atoms with Gasteiger partial charge in [0.25, 0.3) is 5.56 Å². The molecule has 0 aliphatic carbocycles. The Morgan fingerprint density at radius 1 is 1.15 bits per heavy atom. The summed E-state index contributed by atoms with van der Waals surface area (Å²) in [6.07, 6.45) is 2.59. The van der Waals surface area contributed by atoms with Gasteiger partial charge in [0.05, 0.1) is 5.52 Å². The van der Waals surface area contributed by atoms with Gasteiger partial charge in [0.15, 0.2) is 0 Å². The van der Waals surface area contributed by atoms with Gasteiger partial charge in [-0.25, -0.2) is 9.36 Å². The van der Waals surface area contributed by atoms with E-state index in [0.717, 1.165) is 21.0 Å². The number of hydrogen-bond donors (Lipinski definition) is 3. The Hall–Kier alpha value is -3.13. The normalized spacial score (nSPS) is 11.2. The molecule has 0 fully saturated rings. The summed E-state index contributed by atoms with van der Waals surface area (Å²) in [5, 5.41) is 5.62. The summed E-state index contributed by atoms with van der Waals surface area (Å²) in [6, 6.07) is 9.63. The fourth-order valence-corrected chi connectivity index (χ4v) is 3.79. The quantitative estimate of drug-likeness (QED) is 0.499. The summed E-state index contributed by atoms with van der Waals surface area (Å²) in [6.45, 7) is 0.129. The standard InChI is InChI=1S/C18H16N4O3S/c23-15(10-22-17(24)16-14(6-8-26-16)21-18(22)25)19-7-5-11-9-20-13-4-2-1-3-12(11)13/h1-4,6,8-9,20H,5,7,10H2,(H,19,23)(H,21,25). The highest BCUT2D eigenvalue weighted by atomic mass is 32.1. The van der Waals surface area contributed by atoms with E-state index in [1.165, 1.54) is 11.3 Å². The number of fused-ring (bicyclic) bond motifs is 2.